The lowest BCUT2D eigenvalue weighted by atomic mass is 10.2. The molecule has 0 atom stereocenters. The van der Waals surface area contributed by atoms with Crippen LogP contribution in [0.25, 0.3) is 0 Å². The first kappa shape index (κ1) is 21.7. The van der Waals surface area contributed by atoms with E-state index in [-0.39, 0.29) is 28.4 Å². The minimum atomic E-state index is -4.02. The van der Waals surface area contributed by atoms with Gasteiger partial charge in [0.05, 0.1) is 29.6 Å². The average Bonchev–Trinajstić information content (AvgIpc) is 3.26. The van der Waals surface area contributed by atoms with Crippen molar-refractivity contribution in [3.8, 4) is 5.75 Å². The molecule has 166 valence electrons. The number of rotatable bonds is 6. The molecule has 12 heteroatoms. The highest BCUT2D eigenvalue weighted by Gasteiger charge is 2.27. The predicted molar refractivity (Wildman–Crippen MR) is 109 cm³/mol. The van der Waals surface area contributed by atoms with Crippen molar-refractivity contribution < 1.29 is 31.1 Å². The third-order valence-corrected chi connectivity index (χ3v) is 8.11. The van der Waals surface area contributed by atoms with Crippen molar-refractivity contribution in [2.24, 2.45) is 0 Å². The zero-order valence-corrected chi connectivity index (χ0v) is 18.0. The summed E-state index contributed by atoms with van der Waals surface area (Å²) in [6.07, 6.45) is 0.607. The van der Waals surface area contributed by atoms with Gasteiger partial charge in [-0.3, -0.25) is 10.2 Å². The van der Waals surface area contributed by atoms with Crippen LogP contribution in [0.3, 0.4) is 0 Å². The molecule has 1 fully saturated rings. The Morgan fingerprint density at radius 1 is 0.935 bits per heavy atom. The summed E-state index contributed by atoms with van der Waals surface area (Å²) in [4.78, 5) is 14.5. The van der Waals surface area contributed by atoms with Crippen LogP contribution < -0.4 is 15.0 Å². The molecule has 0 unspecified atom stereocenters. The van der Waals surface area contributed by atoms with E-state index in [9.17, 15) is 21.6 Å². The number of ether oxygens (including phenoxy) is 2. The molecule has 10 nitrogen and oxygen atoms in total. The summed E-state index contributed by atoms with van der Waals surface area (Å²) in [6.45, 7) is 1.55. The minimum absolute atomic E-state index is 0.000567. The summed E-state index contributed by atoms with van der Waals surface area (Å²) in [5.41, 5.74) is 2.90. The summed E-state index contributed by atoms with van der Waals surface area (Å²) in [5, 5.41) is 0. The molecule has 0 aromatic heterocycles. The number of morpholine rings is 1. The van der Waals surface area contributed by atoms with E-state index in [0.717, 1.165) is 5.56 Å². The first-order chi connectivity index (χ1) is 14.8. The van der Waals surface area contributed by atoms with E-state index in [1.807, 2.05) is 4.83 Å². The molecule has 2 aromatic carbocycles. The molecule has 0 aliphatic carbocycles. The molecule has 0 bridgehead atoms. The van der Waals surface area contributed by atoms with Gasteiger partial charge in [-0.1, -0.05) is 6.07 Å². The summed E-state index contributed by atoms with van der Waals surface area (Å²) in [6, 6.07) is 9.87. The first-order valence-corrected chi connectivity index (χ1v) is 12.5. The standard InChI is InChI=1S/C19H21N3O7S2/c23-19(20-21-30(24,25)16-4-5-18-14(12-16)6-9-29-18)15-2-1-3-17(13-15)31(26,27)22-7-10-28-11-8-22/h1-5,12-13,21H,6-11H2,(H,20,23). The van der Waals surface area contributed by atoms with Crippen molar-refractivity contribution in [2.75, 3.05) is 32.9 Å². The number of carbonyl (C=O) groups excluding carboxylic acids is 1. The van der Waals surface area contributed by atoms with E-state index in [4.69, 9.17) is 9.47 Å². The van der Waals surface area contributed by atoms with E-state index < -0.39 is 26.0 Å². The largest absolute Gasteiger partial charge is 0.493 e. The lowest BCUT2D eigenvalue weighted by Crippen LogP contribution is -2.42. The Hall–Kier alpha value is -2.51. The third-order valence-electron chi connectivity index (χ3n) is 4.97. The van der Waals surface area contributed by atoms with Gasteiger partial charge in [-0.05, 0) is 42.0 Å². The maximum absolute atomic E-state index is 12.8. The second-order valence-corrected chi connectivity index (χ2v) is 10.6. The van der Waals surface area contributed by atoms with Gasteiger partial charge in [0.25, 0.3) is 15.9 Å². The molecule has 2 N–H and O–H groups in total. The summed E-state index contributed by atoms with van der Waals surface area (Å²) >= 11 is 0. The molecule has 0 radical (unpaired) electrons. The van der Waals surface area contributed by atoms with Crippen LogP contribution >= 0.6 is 0 Å². The van der Waals surface area contributed by atoms with Gasteiger partial charge < -0.3 is 9.47 Å². The fourth-order valence-electron chi connectivity index (χ4n) is 3.31. The predicted octanol–water partition coefficient (Wildman–Crippen LogP) is 0.266. The van der Waals surface area contributed by atoms with Crippen molar-refractivity contribution in [2.45, 2.75) is 16.2 Å². The fourth-order valence-corrected chi connectivity index (χ4v) is 5.65. The molecule has 1 amide bonds. The third kappa shape index (κ3) is 4.57. The number of nitrogens with one attached hydrogen (secondary N) is 2. The number of fused-ring (bicyclic) bond motifs is 1. The second-order valence-electron chi connectivity index (χ2n) is 6.97. The van der Waals surface area contributed by atoms with E-state index >= 15 is 0 Å². The number of benzene rings is 2. The van der Waals surface area contributed by atoms with Gasteiger partial charge >= 0.3 is 0 Å². The fraction of sp³-hybridized carbons (Fsp3) is 0.316. The van der Waals surface area contributed by atoms with E-state index in [2.05, 4.69) is 5.43 Å². The molecular formula is C19H21N3O7S2. The Bertz CT molecular complexity index is 1210. The Morgan fingerprint density at radius 3 is 2.48 bits per heavy atom. The highest BCUT2D eigenvalue weighted by atomic mass is 32.2. The number of hydrogen-bond donors (Lipinski definition) is 2. The molecule has 31 heavy (non-hydrogen) atoms. The Labute approximate surface area is 180 Å². The number of hydrazine groups is 1. The normalized spacial score (nSPS) is 17.0. The van der Waals surface area contributed by atoms with Crippen LogP contribution in [-0.4, -0.2) is 60.0 Å². The van der Waals surface area contributed by atoms with Gasteiger partial charge in [-0.2, -0.15) is 4.31 Å². The summed E-state index contributed by atoms with van der Waals surface area (Å²) in [7, 11) is -7.81. The molecule has 1 saturated heterocycles. The van der Waals surface area contributed by atoms with Gasteiger partial charge in [0.2, 0.25) is 10.0 Å². The number of sulfonamides is 2. The van der Waals surface area contributed by atoms with Crippen LogP contribution in [0.4, 0.5) is 0 Å². The number of carbonyl (C=O) groups is 1. The molecule has 4 rings (SSSR count). The van der Waals surface area contributed by atoms with Gasteiger partial charge in [0.1, 0.15) is 5.75 Å². The summed E-state index contributed by atoms with van der Waals surface area (Å²) in [5.74, 6) is -0.145. The van der Waals surface area contributed by atoms with Gasteiger partial charge in [0, 0.05) is 25.1 Å². The highest BCUT2D eigenvalue weighted by molar-refractivity contribution is 7.89. The lowest BCUT2D eigenvalue weighted by Gasteiger charge is -2.26. The van der Waals surface area contributed by atoms with Crippen LogP contribution in [0.15, 0.2) is 52.3 Å². The number of hydrogen-bond acceptors (Lipinski definition) is 7. The Morgan fingerprint density at radius 2 is 1.71 bits per heavy atom. The monoisotopic (exact) mass is 467 g/mol. The zero-order valence-electron chi connectivity index (χ0n) is 16.4. The molecule has 2 heterocycles. The smallest absolute Gasteiger partial charge is 0.266 e. The lowest BCUT2D eigenvalue weighted by molar-refractivity contribution is 0.0730. The van der Waals surface area contributed by atoms with Crippen molar-refractivity contribution in [3.63, 3.8) is 0 Å². The van der Waals surface area contributed by atoms with Crippen molar-refractivity contribution in [3.05, 3.63) is 53.6 Å². The molecule has 0 spiro atoms. The Kier molecular flexibility index (Phi) is 5.99. The second kappa shape index (κ2) is 8.55. The molecule has 2 aliphatic rings. The average molecular weight is 468 g/mol. The molecule has 2 aromatic rings. The van der Waals surface area contributed by atoms with E-state index in [1.54, 1.807) is 6.07 Å². The highest BCUT2D eigenvalue weighted by Crippen LogP contribution is 2.27. The van der Waals surface area contributed by atoms with Crippen LogP contribution in [0.1, 0.15) is 15.9 Å². The van der Waals surface area contributed by atoms with Crippen LogP contribution in [0, 0.1) is 0 Å². The van der Waals surface area contributed by atoms with E-state index in [0.29, 0.717) is 32.0 Å². The topological polar surface area (TPSA) is 131 Å². The van der Waals surface area contributed by atoms with Crippen molar-refractivity contribution >= 4 is 26.0 Å². The molecule has 2 aliphatic heterocycles. The Balaban J connectivity index is 1.47. The first-order valence-electron chi connectivity index (χ1n) is 9.53. The SMILES string of the molecule is O=C(NNS(=O)(=O)c1ccc2c(c1)CCO2)c1cccc(S(=O)(=O)N2CCOCC2)c1. The van der Waals surface area contributed by atoms with Crippen LogP contribution in [0.5, 0.6) is 5.75 Å². The maximum atomic E-state index is 12.8. The zero-order chi connectivity index (χ0) is 22.1. The van der Waals surface area contributed by atoms with Crippen molar-refractivity contribution in [1.82, 2.24) is 14.6 Å². The minimum Gasteiger partial charge on any atom is -0.493 e. The number of amides is 1. The van der Waals surface area contributed by atoms with Gasteiger partial charge in [-0.25, -0.2) is 16.8 Å². The maximum Gasteiger partial charge on any atom is 0.266 e. The molecular weight excluding hydrogens is 446 g/mol. The van der Waals surface area contributed by atoms with Crippen LogP contribution in [-0.2, 0) is 31.2 Å². The van der Waals surface area contributed by atoms with Crippen LogP contribution in [0.2, 0.25) is 0 Å². The van der Waals surface area contributed by atoms with Gasteiger partial charge in [-0.15, -0.1) is 4.83 Å². The quantitative estimate of drug-likeness (QED) is 0.583. The van der Waals surface area contributed by atoms with E-state index in [1.165, 1.54) is 40.7 Å². The summed E-state index contributed by atoms with van der Waals surface area (Å²) < 4.78 is 62.4. The van der Waals surface area contributed by atoms with Crippen molar-refractivity contribution in [1.29, 1.82) is 0 Å². The van der Waals surface area contributed by atoms with Gasteiger partial charge in [0.15, 0.2) is 0 Å². The number of nitrogens with zero attached hydrogens (tertiary/aromatic N) is 1. The molecule has 0 saturated carbocycles.